The lowest BCUT2D eigenvalue weighted by Crippen LogP contribution is -2.29. The molecule has 2 aromatic rings. The summed E-state index contributed by atoms with van der Waals surface area (Å²) in [6.07, 6.45) is 1.68. The van der Waals surface area contributed by atoms with Crippen molar-refractivity contribution in [3.05, 3.63) is 33.6 Å². The van der Waals surface area contributed by atoms with Gasteiger partial charge in [0.2, 0.25) is 5.91 Å². The van der Waals surface area contributed by atoms with E-state index in [9.17, 15) is 4.79 Å². The summed E-state index contributed by atoms with van der Waals surface area (Å²) in [5, 5.41) is 3.97. The second-order valence-electron chi connectivity index (χ2n) is 3.89. The molecule has 2 rings (SSSR count). The van der Waals surface area contributed by atoms with Crippen LogP contribution in [0.5, 0.6) is 0 Å². The molecule has 96 valence electrons. The molecule has 0 aliphatic heterocycles. The fourth-order valence-corrected chi connectivity index (χ4v) is 2.62. The van der Waals surface area contributed by atoms with Gasteiger partial charge in [-0.2, -0.15) is 5.10 Å². The molecule has 0 spiro atoms. The molecule has 0 bridgehead atoms. The number of hydrogen-bond acceptors (Lipinski definition) is 4. The number of halogens is 1. The van der Waals surface area contributed by atoms with Crippen molar-refractivity contribution in [3.8, 4) is 0 Å². The van der Waals surface area contributed by atoms with Crippen LogP contribution >= 0.6 is 22.9 Å². The van der Waals surface area contributed by atoms with E-state index in [4.69, 9.17) is 17.3 Å². The topological polar surface area (TPSA) is 64.2 Å². The summed E-state index contributed by atoms with van der Waals surface area (Å²) in [4.78, 5) is 14.6. The molecule has 2 N–H and O–H groups in total. The maximum atomic E-state index is 11.9. The number of carbonyl (C=O) groups excluding carboxylic acids is 1. The number of rotatable bonds is 4. The van der Waals surface area contributed by atoms with E-state index in [1.54, 1.807) is 24.2 Å². The van der Waals surface area contributed by atoms with Crippen molar-refractivity contribution < 1.29 is 4.79 Å². The molecule has 0 saturated carbocycles. The van der Waals surface area contributed by atoms with Crippen LogP contribution < -0.4 is 5.73 Å². The van der Waals surface area contributed by atoms with Crippen LogP contribution in [0.2, 0.25) is 4.34 Å². The Balaban J connectivity index is 1.92. The van der Waals surface area contributed by atoms with Crippen molar-refractivity contribution in [2.75, 3.05) is 12.8 Å². The van der Waals surface area contributed by atoms with E-state index in [1.165, 1.54) is 16.0 Å². The lowest BCUT2D eigenvalue weighted by atomic mass is 10.4. The van der Waals surface area contributed by atoms with Gasteiger partial charge in [-0.25, -0.2) is 0 Å². The minimum atomic E-state index is -0.0253. The third-order valence-corrected chi connectivity index (χ3v) is 3.62. The number of nitrogens with two attached hydrogens (primary N) is 1. The summed E-state index contributed by atoms with van der Waals surface area (Å²) in [6, 6.07) is 5.41. The highest BCUT2D eigenvalue weighted by Gasteiger charge is 2.11. The normalized spacial score (nSPS) is 10.6. The van der Waals surface area contributed by atoms with Gasteiger partial charge in [0.15, 0.2) is 0 Å². The number of nitrogen functional groups attached to an aromatic ring is 1. The van der Waals surface area contributed by atoms with Crippen molar-refractivity contribution in [2.24, 2.45) is 0 Å². The fraction of sp³-hybridized carbons (Fsp3) is 0.273. The SMILES string of the molecule is CN(Cc1ccc(Cl)s1)C(=O)Cn1ccc(N)n1. The first-order valence-corrected chi connectivity index (χ1v) is 6.51. The van der Waals surface area contributed by atoms with Gasteiger partial charge in [0.1, 0.15) is 12.4 Å². The number of thiophene rings is 1. The minimum Gasteiger partial charge on any atom is -0.382 e. The smallest absolute Gasteiger partial charge is 0.244 e. The van der Waals surface area contributed by atoms with E-state index in [0.29, 0.717) is 12.4 Å². The Hall–Kier alpha value is -1.53. The van der Waals surface area contributed by atoms with E-state index in [0.717, 1.165) is 9.21 Å². The third-order valence-electron chi connectivity index (χ3n) is 2.41. The van der Waals surface area contributed by atoms with Gasteiger partial charge in [0, 0.05) is 18.1 Å². The molecule has 2 heterocycles. The maximum Gasteiger partial charge on any atom is 0.244 e. The molecule has 5 nitrogen and oxygen atoms in total. The van der Waals surface area contributed by atoms with Crippen LogP contribution in [0.15, 0.2) is 24.4 Å². The molecular formula is C11H13ClN4OS. The first-order chi connectivity index (χ1) is 8.54. The summed E-state index contributed by atoms with van der Waals surface area (Å²) >= 11 is 7.32. The Morgan fingerprint density at radius 3 is 2.89 bits per heavy atom. The van der Waals surface area contributed by atoms with Gasteiger partial charge in [-0.05, 0) is 18.2 Å². The summed E-state index contributed by atoms with van der Waals surface area (Å²) < 4.78 is 2.25. The van der Waals surface area contributed by atoms with Crippen molar-refractivity contribution in [3.63, 3.8) is 0 Å². The average molecular weight is 285 g/mol. The zero-order valence-corrected chi connectivity index (χ0v) is 11.4. The zero-order valence-electron chi connectivity index (χ0n) is 9.84. The number of hydrogen-bond donors (Lipinski definition) is 1. The number of carbonyl (C=O) groups is 1. The van der Waals surface area contributed by atoms with Crippen LogP contribution in [0.1, 0.15) is 4.88 Å². The molecule has 0 aliphatic carbocycles. The van der Waals surface area contributed by atoms with Crippen molar-refractivity contribution in [1.82, 2.24) is 14.7 Å². The number of amides is 1. The number of anilines is 1. The van der Waals surface area contributed by atoms with E-state index in [1.807, 2.05) is 12.1 Å². The maximum absolute atomic E-state index is 11.9. The third kappa shape index (κ3) is 3.24. The van der Waals surface area contributed by atoms with E-state index in [-0.39, 0.29) is 12.5 Å². The van der Waals surface area contributed by atoms with Crippen LogP contribution in [0.4, 0.5) is 5.82 Å². The summed E-state index contributed by atoms with van der Waals surface area (Å²) in [7, 11) is 1.75. The molecule has 0 saturated heterocycles. The van der Waals surface area contributed by atoms with E-state index >= 15 is 0 Å². The summed E-state index contributed by atoms with van der Waals surface area (Å²) in [5.74, 6) is 0.387. The van der Waals surface area contributed by atoms with Gasteiger partial charge < -0.3 is 10.6 Å². The molecule has 0 unspecified atom stereocenters. The highest BCUT2D eigenvalue weighted by Crippen LogP contribution is 2.22. The Labute approximate surface area is 114 Å². The first kappa shape index (κ1) is 12.9. The second kappa shape index (κ2) is 5.41. The fourth-order valence-electron chi connectivity index (χ4n) is 1.48. The Kier molecular flexibility index (Phi) is 3.88. The molecule has 18 heavy (non-hydrogen) atoms. The Morgan fingerprint density at radius 2 is 2.33 bits per heavy atom. The van der Waals surface area contributed by atoms with Gasteiger partial charge in [-0.1, -0.05) is 11.6 Å². The van der Waals surface area contributed by atoms with Gasteiger partial charge in [0.25, 0.3) is 0 Å². The molecule has 0 aliphatic rings. The molecule has 7 heteroatoms. The van der Waals surface area contributed by atoms with Crippen molar-refractivity contribution >= 4 is 34.7 Å². The predicted molar refractivity (Wildman–Crippen MR) is 72.4 cm³/mol. The second-order valence-corrected chi connectivity index (χ2v) is 5.69. The molecular weight excluding hydrogens is 272 g/mol. The lowest BCUT2D eigenvalue weighted by molar-refractivity contribution is -0.131. The average Bonchev–Trinajstić information content (AvgIpc) is 2.88. The lowest BCUT2D eigenvalue weighted by Gasteiger charge is -2.16. The van der Waals surface area contributed by atoms with Crippen LogP contribution in [0.3, 0.4) is 0 Å². The number of likely N-dealkylation sites (N-methyl/N-ethyl adjacent to an activating group) is 1. The molecule has 2 aromatic heterocycles. The van der Waals surface area contributed by atoms with E-state index in [2.05, 4.69) is 5.10 Å². The Morgan fingerprint density at radius 1 is 1.56 bits per heavy atom. The van der Waals surface area contributed by atoms with Gasteiger partial charge in [0.05, 0.1) is 10.9 Å². The van der Waals surface area contributed by atoms with Gasteiger partial charge in [-0.15, -0.1) is 11.3 Å². The summed E-state index contributed by atoms with van der Waals surface area (Å²) in [5.41, 5.74) is 5.49. The molecule has 0 fully saturated rings. The predicted octanol–water partition coefficient (Wildman–Crippen LogP) is 1.84. The summed E-state index contributed by atoms with van der Waals surface area (Å²) in [6.45, 7) is 0.736. The highest BCUT2D eigenvalue weighted by molar-refractivity contribution is 7.16. The standard InChI is InChI=1S/C11H13ClN4OS/c1-15(6-8-2-3-9(12)18-8)11(17)7-16-5-4-10(13)14-16/h2-5H,6-7H2,1H3,(H2,13,14). The molecule has 1 amide bonds. The van der Waals surface area contributed by atoms with Crippen LogP contribution in [-0.2, 0) is 17.9 Å². The molecule has 0 aromatic carbocycles. The van der Waals surface area contributed by atoms with Crippen molar-refractivity contribution in [2.45, 2.75) is 13.1 Å². The quantitative estimate of drug-likeness (QED) is 0.932. The molecule has 0 radical (unpaired) electrons. The largest absolute Gasteiger partial charge is 0.382 e. The van der Waals surface area contributed by atoms with Crippen LogP contribution in [-0.4, -0.2) is 27.6 Å². The first-order valence-electron chi connectivity index (χ1n) is 5.31. The van der Waals surface area contributed by atoms with Crippen LogP contribution in [0.25, 0.3) is 0 Å². The monoisotopic (exact) mass is 284 g/mol. The number of nitrogens with zero attached hydrogens (tertiary/aromatic N) is 3. The zero-order chi connectivity index (χ0) is 13.1. The Bertz CT molecular complexity index is 551. The van der Waals surface area contributed by atoms with Crippen molar-refractivity contribution in [1.29, 1.82) is 0 Å². The van der Waals surface area contributed by atoms with Gasteiger partial charge in [-0.3, -0.25) is 9.48 Å². The highest BCUT2D eigenvalue weighted by atomic mass is 35.5. The minimum absolute atomic E-state index is 0.0253. The van der Waals surface area contributed by atoms with E-state index < -0.39 is 0 Å². The molecule has 0 atom stereocenters. The number of aromatic nitrogens is 2. The van der Waals surface area contributed by atoms with Crippen LogP contribution in [0, 0.1) is 0 Å². The van der Waals surface area contributed by atoms with Gasteiger partial charge >= 0.3 is 0 Å².